The lowest BCUT2D eigenvalue weighted by Crippen LogP contribution is -2.51. The van der Waals surface area contributed by atoms with Gasteiger partial charge in [0.2, 0.25) is 0 Å². The summed E-state index contributed by atoms with van der Waals surface area (Å²) >= 11 is 0. The number of allylic oxidation sites excluding steroid dienone is 2. The minimum atomic E-state index is -0.538. The first-order valence-corrected chi connectivity index (χ1v) is 8.37. The number of carbonyl (C=O) groups is 1. The van der Waals surface area contributed by atoms with E-state index in [2.05, 4.69) is 0 Å². The number of hydrogen-bond acceptors (Lipinski definition) is 5. The van der Waals surface area contributed by atoms with Gasteiger partial charge >= 0.3 is 5.97 Å². The lowest BCUT2D eigenvalue weighted by molar-refractivity contribution is -0.291. The summed E-state index contributed by atoms with van der Waals surface area (Å²) < 4.78 is 23.0. The summed E-state index contributed by atoms with van der Waals surface area (Å²) in [5, 5.41) is 0. The van der Waals surface area contributed by atoms with Crippen LogP contribution in [-0.2, 0) is 23.7 Å². The molecule has 0 saturated carbocycles. The minimum absolute atomic E-state index is 0.0525. The molecule has 2 aliphatic rings. The van der Waals surface area contributed by atoms with Gasteiger partial charge in [0.15, 0.2) is 11.9 Å². The van der Waals surface area contributed by atoms with E-state index in [1.165, 1.54) is 7.11 Å². The Morgan fingerprint density at radius 2 is 2.12 bits per heavy atom. The van der Waals surface area contributed by atoms with E-state index in [4.69, 9.17) is 18.9 Å². The molecule has 5 nitrogen and oxygen atoms in total. The first kappa shape index (κ1) is 17.0. The number of fused-ring (bicyclic) bond motifs is 1. The number of methoxy groups -OCH3 is 1. The van der Waals surface area contributed by atoms with Crippen LogP contribution in [0.1, 0.15) is 44.5 Å². The third-order valence-electron chi connectivity index (χ3n) is 4.53. The summed E-state index contributed by atoms with van der Waals surface area (Å²) in [6.45, 7) is 2.46. The van der Waals surface area contributed by atoms with Gasteiger partial charge in [-0.1, -0.05) is 30.3 Å². The predicted octanol–water partition coefficient (Wildman–Crippen LogP) is 3.51. The second kappa shape index (κ2) is 7.36. The monoisotopic (exact) mass is 332 g/mol. The molecule has 0 amide bonds. The zero-order valence-electron chi connectivity index (χ0n) is 14.2. The molecule has 3 rings (SSSR count). The largest absolute Gasteiger partial charge is 0.487 e. The first-order chi connectivity index (χ1) is 11.6. The number of rotatable bonds is 4. The maximum Gasteiger partial charge on any atom is 0.305 e. The van der Waals surface area contributed by atoms with Gasteiger partial charge in [0.05, 0.1) is 25.9 Å². The lowest BCUT2D eigenvalue weighted by atomic mass is 9.95. The van der Waals surface area contributed by atoms with Gasteiger partial charge in [-0.3, -0.25) is 4.79 Å². The van der Waals surface area contributed by atoms with Crippen molar-refractivity contribution >= 4 is 5.97 Å². The quantitative estimate of drug-likeness (QED) is 0.790. The number of hydrogen-bond donors (Lipinski definition) is 0. The SMILES string of the molecule is COC(=O)CCC1=CCC[C@@H]2O[C@H](c3ccccc3)OC[C@@]2(C)O1. The zero-order valence-corrected chi connectivity index (χ0v) is 14.2. The third kappa shape index (κ3) is 3.79. The van der Waals surface area contributed by atoms with Crippen molar-refractivity contribution in [1.29, 1.82) is 0 Å². The van der Waals surface area contributed by atoms with Crippen LogP contribution in [0, 0.1) is 0 Å². The highest BCUT2D eigenvalue weighted by Gasteiger charge is 2.45. The molecule has 0 unspecified atom stereocenters. The molecule has 2 heterocycles. The predicted molar refractivity (Wildman–Crippen MR) is 88.1 cm³/mol. The molecule has 0 N–H and O–H groups in total. The molecule has 1 aromatic carbocycles. The Balaban J connectivity index is 1.65. The highest BCUT2D eigenvalue weighted by molar-refractivity contribution is 5.69. The average molecular weight is 332 g/mol. The number of carbonyl (C=O) groups excluding carboxylic acids is 1. The average Bonchev–Trinajstić information content (AvgIpc) is 2.78. The van der Waals surface area contributed by atoms with Crippen LogP contribution in [0.2, 0.25) is 0 Å². The van der Waals surface area contributed by atoms with Gasteiger partial charge < -0.3 is 18.9 Å². The van der Waals surface area contributed by atoms with Crippen LogP contribution in [-0.4, -0.2) is 31.4 Å². The van der Waals surface area contributed by atoms with Crippen LogP contribution in [0.25, 0.3) is 0 Å². The smallest absolute Gasteiger partial charge is 0.305 e. The summed E-state index contributed by atoms with van der Waals surface area (Å²) in [5.74, 6) is 0.585. The van der Waals surface area contributed by atoms with Crippen molar-refractivity contribution in [2.75, 3.05) is 13.7 Å². The van der Waals surface area contributed by atoms with E-state index in [9.17, 15) is 4.79 Å². The first-order valence-electron chi connectivity index (χ1n) is 8.37. The van der Waals surface area contributed by atoms with Gasteiger partial charge in [-0.15, -0.1) is 0 Å². The van der Waals surface area contributed by atoms with Crippen LogP contribution in [0.3, 0.4) is 0 Å². The Hall–Kier alpha value is -1.85. The normalized spacial score (nSPS) is 29.7. The molecule has 5 heteroatoms. The van der Waals surface area contributed by atoms with Crippen molar-refractivity contribution in [3.8, 4) is 0 Å². The number of benzene rings is 1. The van der Waals surface area contributed by atoms with Gasteiger partial charge in [-0.25, -0.2) is 0 Å². The van der Waals surface area contributed by atoms with E-state index in [1.807, 2.05) is 43.3 Å². The van der Waals surface area contributed by atoms with Crippen molar-refractivity contribution in [1.82, 2.24) is 0 Å². The molecule has 1 saturated heterocycles. The maximum atomic E-state index is 11.3. The highest BCUT2D eigenvalue weighted by Crippen LogP contribution is 2.39. The van der Waals surface area contributed by atoms with Crippen molar-refractivity contribution in [3.63, 3.8) is 0 Å². The topological polar surface area (TPSA) is 54.0 Å². The molecular weight excluding hydrogens is 308 g/mol. The summed E-state index contributed by atoms with van der Waals surface area (Å²) in [6, 6.07) is 9.94. The summed E-state index contributed by atoms with van der Waals surface area (Å²) in [6.07, 6.45) is 4.22. The van der Waals surface area contributed by atoms with Gasteiger partial charge in [-0.2, -0.15) is 0 Å². The molecule has 1 fully saturated rings. The van der Waals surface area contributed by atoms with Crippen molar-refractivity contribution < 1.29 is 23.7 Å². The van der Waals surface area contributed by atoms with Crippen LogP contribution < -0.4 is 0 Å². The molecular formula is C19H24O5. The fourth-order valence-corrected chi connectivity index (χ4v) is 3.14. The zero-order chi connectivity index (χ0) is 17.0. The van der Waals surface area contributed by atoms with Crippen molar-refractivity contribution in [2.24, 2.45) is 0 Å². The van der Waals surface area contributed by atoms with E-state index < -0.39 is 5.60 Å². The summed E-state index contributed by atoms with van der Waals surface area (Å²) in [7, 11) is 1.40. The Kier molecular flexibility index (Phi) is 5.21. The standard InChI is InChI=1S/C19H24O5/c1-19-13-22-18(14-7-4-3-5-8-14)23-16(19)10-6-9-15(24-19)11-12-17(20)21-2/h3-5,7-9,16,18H,6,10-13H2,1-2H3/t16-,18+,19+/m0/s1. The fraction of sp³-hybridized carbons (Fsp3) is 0.526. The molecule has 130 valence electrons. The molecule has 0 spiro atoms. The van der Waals surface area contributed by atoms with E-state index in [0.29, 0.717) is 19.4 Å². The second-order valence-corrected chi connectivity index (χ2v) is 6.42. The van der Waals surface area contributed by atoms with Crippen LogP contribution in [0.4, 0.5) is 0 Å². The number of ether oxygens (including phenoxy) is 4. The molecule has 1 aromatic rings. The molecule has 24 heavy (non-hydrogen) atoms. The maximum absolute atomic E-state index is 11.3. The van der Waals surface area contributed by atoms with Crippen LogP contribution in [0.15, 0.2) is 42.2 Å². The van der Waals surface area contributed by atoms with E-state index in [-0.39, 0.29) is 18.4 Å². The Morgan fingerprint density at radius 3 is 2.88 bits per heavy atom. The van der Waals surface area contributed by atoms with Gasteiger partial charge in [-0.05, 0) is 25.8 Å². The molecule has 3 atom stereocenters. The summed E-state index contributed by atoms with van der Waals surface area (Å²) in [4.78, 5) is 11.3. The molecule has 0 aromatic heterocycles. The third-order valence-corrected chi connectivity index (χ3v) is 4.53. The van der Waals surface area contributed by atoms with Crippen molar-refractivity contribution in [3.05, 3.63) is 47.7 Å². The number of esters is 1. The molecule has 2 aliphatic heterocycles. The fourth-order valence-electron chi connectivity index (χ4n) is 3.14. The van der Waals surface area contributed by atoms with Crippen LogP contribution >= 0.6 is 0 Å². The Morgan fingerprint density at radius 1 is 1.33 bits per heavy atom. The molecule has 0 radical (unpaired) electrons. The van der Waals surface area contributed by atoms with E-state index in [0.717, 1.165) is 24.2 Å². The highest BCUT2D eigenvalue weighted by atomic mass is 16.7. The Labute approximate surface area is 142 Å². The van der Waals surface area contributed by atoms with Gasteiger partial charge in [0, 0.05) is 12.0 Å². The van der Waals surface area contributed by atoms with Crippen LogP contribution in [0.5, 0.6) is 0 Å². The molecule has 0 bridgehead atoms. The van der Waals surface area contributed by atoms with Gasteiger partial charge in [0.25, 0.3) is 0 Å². The summed E-state index contributed by atoms with van der Waals surface area (Å²) in [5.41, 5.74) is 0.478. The molecule has 0 aliphatic carbocycles. The Bertz CT molecular complexity index is 597. The van der Waals surface area contributed by atoms with Gasteiger partial charge in [0.1, 0.15) is 6.10 Å². The second-order valence-electron chi connectivity index (χ2n) is 6.42. The lowest BCUT2D eigenvalue weighted by Gasteiger charge is -2.43. The van der Waals surface area contributed by atoms with E-state index >= 15 is 0 Å². The minimum Gasteiger partial charge on any atom is -0.487 e. The van der Waals surface area contributed by atoms with E-state index in [1.54, 1.807) is 0 Å². The van der Waals surface area contributed by atoms with Crippen molar-refractivity contribution in [2.45, 2.75) is 50.6 Å².